The molecule has 56 valence electrons. The van der Waals surface area contributed by atoms with E-state index in [9.17, 15) is 0 Å². The Bertz CT molecular complexity index is 163. The van der Waals surface area contributed by atoms with Crippen LogP contribution in [0.25, 0.3) is 0 Å². The molecule has 0 aliphatic carbocycles. The molecule has 3 nitrogen and oxygen atoms in total. The largest absolute Gasteiger partial charge is 0.387 e. The van der Waals surface area contributed by atoms with Crippen LogP contribution in [-0.4, -0.2) is 31.1 Å². The minimum Gasteiger partial charge on any atom is -0.387 e. The third kappa shape index (κ3) is 1.93. The number of ether oxygens (including phenoxy) is 1. The van der Waals surface area contributed by atoms with Crippen molar-refractivity contribution >= 4 is 6.21 Å². The van der Waals surface area contributed by atoms with Crippen molar-refractivity contribution in [3.05, 3.63) is 11.8 Å². The summed E-state index contributed by atoms with van der Waals surface area (Å²) in [5.41, 5.74) is 1.04. The van der Waals surface area contributed by atoms with Gasteiger partial charge in [0.15, 0.2) is 0 Å². The monoisotopic (exact) mass is 141 g/mol. The number of nitrogens with zero attached hydrogens (tertiary/aromatic N) is 1. The molecule has 0 aromatic rings. The quantitative estimate of drug-likeness (QED) is 0.603. The van der Waals surface area contributed by atoms with Crippen molar-refractivity contribution < 1.29 is 9.84 Å². The lowest BCUT2D eigenvalue weighted by Gasteiger charge is -2.11. The number of aliphatic hydroxyl groups excluding tert-OH is 1. The Balaban J connectivity index is 2.45. The van der Waals surface area contributed by atoms with Crippen LogP contribution >= 0.6 is 0 Å². The van der Waals surface area contributed by atoms with Gasteiger partial charge in [0.05, 0.1) is 12.7 Å². The first-order valence-corrected chi connectivity index (χ1v) is 3.21. The maximum atomic E-state index is 9.06. The predicted octanol–water partition coefficient (Wildman–Crippen LogP) is 0.352. The van der Waals surface area contributed by atoms with E-state index in [0.717, 1.165) is 5.57 Å². The second kappa shape index (κ2) is 3.49. The van der Waals surface area contributed by atoms with Gasteiger partial charge in [0.2, 0.25) is 0 Å². The fourth-order valence-corrected chi connectivity index (χ4v) is 0.903. The molecule has 1 atom stereocenters. The number of methoxy groups -OCH3 is 1. The molecule has 1 aliphatic heterocycles. The molecule has 10 heavy (non-hydrogen) atoms. The van der Waals surface area contributed by atoms with Crippen LogP contribution in [0, 0.1) is 0 Å². The zero-order valence-corrected chi connectivity index (χ0v) is 5.95. The number of aliphatic hydroxyl groups is 1. The molecule has 0 aromatic carbocycles. The molecular weight excluding hydrogens is 130 g/mol. The first-order chi connectivity index (χ1) is 4.83. The summed E-state index contributed by atoms with van der Waals surface area (Å²) in [5, 5.41) is 9.06. The van der Waals surface area contributed by atoms with E-state index in [1.807, 2.05) is 0 Å². The Hall–Kier alpha value is -0.670. The van der Waals surface area contributed by atoms with E-state index in [2.05, 4.69) is 4.99 Å². The summed E-state index contributed by atoms with van der Waals surface area (Å²) < 4.78 is 4.88. The molecule has 0 aromatic heterocycles. The molecule has 1 rings (SSSR count). The molecule has 1 aliphatic rings. The van der Waals surface area contributed by atoms with Gasteiger partial charge >= 0.3 is 0 Å². The van der Waals surface area contributed by atoms with E-state index >= 15 is 0 Å². The summed E-state index contributed by atoms with van der Waals surface area (Å²) in [6.07, 6.45) is 3.49. The lowest BCUT2D eigenvalue weighted by atomic mass is 10.1. The molecule has 0 radical (unpaired) electrons. The van der Waals surface area contributed by atoms with Crippen LogP contribution in [-0.2, 0) is 4.74 Å². The maximum Gasteiger partial charge on any atom is 0.0929 e. The fourth-order valence-electron chi connectivity index (χ4n) is 0.903. The predicted molar refractivity (Wildman–Crippen MR) is 39.1 cm³/mol. The summed E-state index contributed by atoms with van der Waals surface area (Å²) in [4.78, 5) is 3.84. The van der Waals surface area contributed by atoms with Crippen molar-refractivity contribution in [3.63, 3.8) is 0 Å². The van der Waals surface area contributed by atoms with E-state index in [4.69, 9.17) is 9.84 Å². The zero-order valence-electron chi connectivity index (χ0n) is 5.95. The summed E-state index contributed by atoms with van der Waals surface area (Å²) in [7, 11) is 1.63. The first-order valence-electron chi connectivity index (χ1n) is 3.21. The molecule has 0 amide bonds. The van der Waals surface area contributed by atoms with Gasteiger partial charge in [0.25, 0.3) is 0 Å². The van der Waals surface area contributed by atoms with Crippen molar-refractivity contribution in [3.8, 4) is 0 Å². The number of hydrogen-bond acceptors (Lipinski definition) is 3. The average molecular weight is 141 g/mol. The van der Waals surface area contributed by atoms with Crippen LogP contribution in [0.4, 0.5) is 0 Å². The average Bonchev–Trinajstić information content (AvgIpc) is 1.88. The summed E-state index contributed by atoms with van der Waals surface area (Å²) >= 11 is 0. The van der Waals surface area contributed by atoms with E-state index in [0.29, 0.717) is 13.0 Å². The molecule has 0 fully saturated rings. The molecule has 0 bridgehead atoms. The van der Waals surface area contributed by atoms with Crippen LogP contribution in [0.3, 0.4) is 0 Å². The van der Waals surface area contributed by atoms with E-state index < -0.39 is 6.10 Å². The standard InChI is InChI=1S/C7H11NO2/c1-10-5-6-2-7(9)4-8-3-6/h3-4,7,9H,2,5H2,1H3. The van der Waals surface area contributed by atoms with Gasteiger partial charge in [0, 0.05) is 25.9 Å². The Morgan fingerprint density at radius 1 is 1.90 bits per heavy atom. The maximum absolute atomic E-state index is 9.06. The fraction of sp³-hybridized carbons (Fsp3) is 0.571. The van der Waals surface area contributed by atoms with E-state index in [1.165, 1.54) is 6.21 Å². The highest BCUT2D eigenvalue weighted by atomic mass is 16.5. The lowest BCUT2D eigenvalue weighted by Crippen LogP contribution is -2.14. The first kappa shape index (κ1) is 7.44. The van der Waals surface area contributed by atoms with Crippen LogP contribution in [0.15, 0.2) is 16.8 Å². The van der Waals surface area contributed by atoms with Crippen LogP contribution < -0.4 is 0 Å². The van der Waals surface area contributed by atoms with Gasteiger partial charge < -0.3 is 9.84 Å². The number of hydrogen-bond donors (Lipinski definition) is 1. The molecule has 3 heteroatoms. The van der Waals surface area contributed by atoms with Gasteiger partial charge in [-0.1, -0.05) is 0 Å². The third-order valence-corrected chi connectivity index (χ3v) is 1.32. The van der Waals surface area contributed by atoms with Gasteiger partial charge in [-0.2, -0.15) is 0 Å². The molecule has 0 saturated heterocycles. The minimum atomic E-state index is -0.421. The molecule has 1 heterocycles. The smallest absolute Gasteiger partial charge is 0.0929 e. The van der Waals surface area contributed by atoms with Gasteiger partial charge in [-0.25, -0.2) is 0 Å². The normalized spacial score (nSPS) is 24.6. The molecular formula is C7H11NO2. The Morgan fingerprint density at radius 2 is 2.70 bits per heavy atom. The zero-order chi connectivity index (χ0) is 7.40. The van der Waals surface area contributed by atoms with E-state index in [-0.39, 0.29) is 0 Å². The van der Waals surface area contributed by atoms with Crippen molar-refractivity contribution in [2.75, 3.05) is 13.7 Å². The third-order valence-electron chi connectivity index (χ3n) is 1.32. The van der Waals surface area contributed by atoms with Gasteiger partial charge in [0.1, 0.15) is 0 Å². The highest BCUT2D eigenvalue weighted by Gasteiger charge is 2.07. The van der Waals surface area contributed by atoms with Crippen LogP contribution in [0.2, 0.25) is 0 Å². The van der Waals surface area contributed by atoms with E-state index in [1.54, 1.807) is 13.3 Å². The Kier molecular flexibility index (Phi) is 2.59. The molecule has 0 spiro atoms. The summed E-state index contributed by atoms with van der Waals surface area (Å²) in [6.45, 7) is 0.564. The molecule has 1 N–H and O–H groups in total. The summed E-state index contributed by atoms with van der Waals surface area (Å²) in [6, 6.07) is 0. The second-order valence-corrected chi connectivity index (χ2v) is 2.29. The SMILES string of the molecule is COCC1=CN=CC(O)C1. The highest BCUT2D eigenvalue weighted by Crippen LogP contribution is 2.08. The second-order valence-electron chi connectivity index (χ2n) is 2.29. The number of aliphatic imine (C=N–C) groups is 1. The minimum absolute atomic E-state index is 0.421. The Morgan fingerprint density at radius 3 is 3.30 bits per heavy atom. The van der Waals surface area contributed by atoms with Gasteiger partial charge in [-0.3, -0.25) is 4.99 Å². The van der Waals surface area contributed by atoms with Crippen molar-refractivity contribution in [1.82, 2.24) is 0 Å². The molecule has 0 saturated carbocycles. The summed E-state index contributed by atoms with van der Waals surface area (Å²) in [5.74, 6) is 0. The van der Waals surface area contributed by atoms with Crippen LogP contribution in [0.1, 0.15) is 6.42 Å². The Labute approximate surface area is 60.0 Å². The van der Waals surface area contributed by atoms with Crippen LogP contribution in [0.5, 0.6) is 0 Å². The van der Waals surface area contributed by atoms with Crippen molar-refractivity contribution in [1.29, 1.82) is 0 Å². The lowest BCUT2D eigenvalue weighted by molar-refractivity contribution is 0.202. The van der Waals surface area contributed by atoms with Gasteiger partial charge in [-0.05, 0) is 5.57 Å². The highest BCUT2D eigenvalue weighted by molar-refractivity contribution is 5.65. The van der Waals surface area contributed by atoms with Gasteiger partial charge in [-0.15, -0.1) is 0 Å². The van der Waals surface area contributed by atoms with Crippen molar-refractivity contribution in [2.45, 2.75) is 12.5 Å². The number of rotatable bonds is 2. The molecule has 1 unspecified atom stereocenters. The topological polar surface area (TPSA) is 41.8 Å². The van der Waals surface area contributed by atoms with Crippen molar-refractivity contribution in [2.24, 2.45) is 4.99 Å².